The summed E-state index contributed by atoms with van der Waals surface area (Å²) in [5.74, 6) is 1.93. The van der Waals surface area contributed by atoms with Crippen LogP contribution in [0, 0.1) is 51.2 Å². The number of nitrogens with zero attached hydrogens (tertiary/aromatic N) is 2. The average molecular weight is 565 g/mol. The van der Waals surface area contributed by atoms with E-state index in [4.69, 9.17) is 4.98 Å². The second-order valence-electron chi connectivity index (χ2n) is 16.5. The van der Waals surface area contributed by atoms with Gasteiger partial charge in [-0.15, -0.1) is 11.3 Å². The van der Waals surface area contributed by atoms with Gasteiger partial charge >= 0.3 is 5.97 Å². The lowest BCUT2D eigenvalue weighted by molar-refractivity contribution is -0.179. The predicted octanol–water partition coefficient (Wildman–Crippen LogP) is 8.50. The molecule has 2 heterocycles. The number of rotatable bonds is 2. The van der Waals surface area contributed by atoms with Crippen molar-refractivity contribution in [3.8, 4) is 0 Å². The highest BCUT2D eigenvalue weighted by Gasteiger charge is 2.69. The summed E-state index contributed by atoms with van der Waals surface area (Å²) in [6.07, 6.45) is 13.8. The molecular weight excluding hydrogens is 512 g/mol. The lowest BCUT2D eigenvalue weighted by Crippen LogP contribution is -2.65. The van der Waals surface area contributed by atoms with Crippen LogP contribution in [0.1, 0.15) is 117 Å². The summed E-state index contributed by atoms with van der Waals surface area (Å²) in [5, 5.41) is 12.0. The third kappa shape index (κ3) is 3.25. The molecule has 6 aliphatic rings. The Morgan fingerprint density at radius 3 is 2.42 bits per heavy atom. The summed E-state index contributed by atoms with van der Waals surface area (Å²) in [5.41, 5.74) is 2.99. The molecule has 5 heteroatoms. The zero-order valence-electron chi connectivity index (χ0n) is 26.1. The van der Waals surface area contributed by atoms with Gasteiger partial charge in [-0.2, -0.15) is 0 Å². The summed E-state index contributed by atoms with van der Waals surface area (Å²) in [7, 11) is 0. The summed E-state index contributed by atoms with van der Waals surface area (Å²) in [6.45, 7) is 19.9. The minimum Gasteiger partial charge on any atom is -0.481 e. The first-order chi connectivity index (χ1) is 18.8. The molecule has 40 heavy (non-hydrogen) atoms. The molecule has 0 spiro atoms. The normalized spacial score (nSPS) is 47.3. The van der Waals surface area contributed by atoms with Crippen LogP contribution in [0.2, 0.25) is 0 Å². The van der Waals surface area contributed by atoms with E-state index in [0.717, 1.165) is 51.6 Å². The molecule has 1 aromatic rings. The van der Waals surface area contributed by atoms with Gasteiger partial charge in [0.15, 0.2) is 5.13 Å². The summed E-state index contributed by atoms with van der Waals surface area (Å²) < 4.78 is 0. The van der Waals surface area contributed by atoms with Crippen molar-refractivity contribution in [2.75, 3.05) is 18.0 Å². The van der Waals surface area contributed by atoms with E-state index in [-0.39, 0.29) is 27.6 Å². The van der Waals surface area contributed by atoms with Crippen LogP contribution in [0.15, 0.2) is 11.6 Å². The van der Waals surface area contributed by atoms with Crippen LogP contribution in [0.3, 0.4) is 0 Å². The lowest BCUT2D eigenvalue weighted by atomic mass is 9.33. The molecular formula is C35H52N2O2S. The van der Waals surface area contributed by atoms with Crippen LogP contribution >= 0.6 is 11.3 Å². The van der Waals surface area contributed by atoms with Crippen molar-refractivity contribution in [2.24, 2.45) is 51.2 Å². The molecule has 0 aromatic carbocycles. The third-order valence-corrected chi connectivity index (χ3v) is 15.9. The van der Waals surface area contributed by atoms with Gasteiger partial charge in [0.05, 0.1) is 11.1 Å². The monoisotopic (exact) mass is 564 g/mol. The quantitative estimate of drug-likeness (QED) is 0.366. The minimum absolute atomic E-state index is 0.0810. The molecule has 7 rings (SSSR count). The van der Waals surface area contributed by atoms with Gasteiger partial charge in [-0.25, -0.2) is 4.98 Å². The number of hydrogen-bond acceptors (Lipinski definition) is 4. The topological polar surface area (TPSA) is 53.4 Å². The molecule has 1 aliphatic heterocycles. The van der Waals surface area contributed by atoms with Gasteiger partial charge in [-0.1, -0.05) is 60.1 Å². The SMILES string of the molecule is C[C@H]1[C@H](C)CC[C@]2(C(=O)O)CC[C@]3(C)C(=CC[C@@H]4[C@@]5(C)Cc6sc(N7CCCC7)nc6C(C)(C)[C@@H]5CC[C@]43C)[C@H]12. The van der Waals surface area contributed by atoms with Gasteiger partial charge in [-0.05, 0) is 110 Å². The number of thiazole rings is 1. The Morgan fingerprint density at radius 2 is 1.73 bits per heavy atom. The molecule has 0 amide bonds. The number of carbonyl (C=O) groups is 1. The molecule has 0 bridgehead atoms. The van der Waals surface area contributed by atoms with Crippen LogP contribution in [0.4, 0.5) is 5.13 Å². The van der Waals surface area contributed by atoms with Crippen molar-refractivity contribution < 1.29 is 9.90 Å². The standard InChI is InChI=1S/C35H52N2O2S/c1-21-12-15-35(29(38)39)17-16-33(6)23(27(35)22(21)2)10-11-26-32(5)20-24-28(36-30(40-24)37-18-8-9-19-37)31(3,4)25(32)13-14-34(26,33)7/h10,21-22,25-27H,8-9,11-20H2,1-7H3,(H,38,39)/t21-,22+,25+,26-,27+,32+,33-,34-,35+/m1/s1. The van der Waals surface area contributed by atoms with Crippen molar-refractivity contribution in [3.63, 3.8) is 0 Å². The van der Waals surface area contributed by atoms with Gasteiger partial charge in [0, 0.05) is 23.4 Å². The first-order valence-corrected chi connectivity index (χ1v) is 17.3. The molecule has 5 aliphatic carbocycles. The summed E-state index contributed by atoms with van der Waals surface area (Å²) in [6, 6.07) is 0. The Labute approximate surface area is 246 Å². The number of aromatic nitrogens is 1. The van der Waals surface area contributed by atoms with E-state index in [1.807, 2.05) is 11.3 Å². The Bertz CT molecular complexity index is 1260. The van der Waals surface area contributed by atoms with Gasteiger partial charge in [-0.3, -0.25) is 4.79 Å². The van der Waals surface area contributed by atoms with E-state index >= 15 is 0 Å². The van der Waals surface area contributed by atoms with Crippen LogP contribution in [-0.4, -0.2) is 29.1 Å². The second kappa shape index (κ2) is 8.60. The van der Waals surface area contributed by atoms with E-state index < -0.39 is 11.4 Å². The smallest absolute Gasteiger partial charge is 0.310 e. The molecule has 9 atom stereocenters. The first kappa shape index (κ1) is 27.5. The number of allylic oxidation sites excluding steroid dienone is 2. The van der Waals surface area contributed by atoms with Crippen LogP contribution in [0.5, 0.6) is 0 Å². The number of fused-ring (bicyclic) bond motifs is 8. The van der Waals surface area contributed by atoms with E-state index in [0.29, 0.717) is 23.7 Å². The molecule has 0 unspecified atom stereocenters. The minimum atomic E-state index is -0.558. The maximum atomic E-state index is 13.0. The van der Waals surface area contributed by atoms with Crippen LogP contribution in [-0.2, 0) is 16.6 Å². The zero-order chi connectivity index (χ0) is 28.5. The maximum Gasteiger partial charge on any atom is 0.310 e. The molecule has 3 saturated carbocycles. The fraction of sp³-hybridized carbons (Fsp3) is 0.829. The Morgan fingerprint density at radius 1 is 1.00 bits per heavy atom. The highest BCUT2D eigenvalue weighted by atomic mass is 32.1. The largest absolute Gasteiger partial charge is 0.481 e. The molecule has 220 valence electrons. The van der Waals surface area contributed by atoms with E-state index in [1.54, 1.807) is 10.5 Å². The molecule has 4 nitrogen and oxygen atoms in total. The highest BCUT2D eigenvalue weighted by molar-refractivity contribution is 7.15. The number of aliphatic carboxylic acids is 1. The molecule has 1 aromatic heterocycles. The van der Waals surface area contributed by atoms with Crippen LogP contribution in [0.25, 0.3) is 0 Å². The van der Waals surface area contributed by atoms with Gasteiger partial charge < -0.3 is 10.0 Å². The van der Waals surface area contributed by atoms with E-state index in [2.05, 4.69) is 59.4 Å². The van der Waals surface area contributed by atoms with Gasteiger partial charge in [0.2, 0.25) is 0 Å². The molecule has 0 radical (unpaired) electrons. The second-order valence-corrected chi connectivity index (χ2v) is 17.5. The first-order valence-electron chi connectivity index (χ1n) is 16.5. The Hall–Kier alpha value is -1.36. The van der Waals surface area contributed by atoms with Crippen molar-refractivity contribution >= 4 is 22.4 Å². The number of carboxylic acids is 1. The van der Waals surface area contributed by atoms with E-state index in [9.17, 15) is 9.90 Å². The molecule has 1 N–H and O–H groups in total. The number of carboxylic acid groups (broad SMARTS) is 1. The Balaban J connectivity index is 1.31. The number of hydrogen-bond donors (Lipinski definition) is 1. The summed E-state index contributed by atoms with van der Waals surface area (Å²) >= 11 is 2.00. The average Bonchev–Trinajstić information content (AvgIpc) is 3.57. The summed E-state index contributed by atoms with van der Waals surface area (Å²) in [4.78, 5) is 22.5. The molecule has 4 fully saturated rings. The third-order valence-electron chi connectivity index (χ3n) is 14.8. The van der Waals surface area contributed by atoms with Crippen molar-refractivity contribution in [1.82, 2.24) is 4.98 Å². The fourth-order valence-electron chi connectivity index (χ4n) is 12.2. The number of anilines is 1. The fourth-order valence-corrected chi connectivity index (χ4v) is 13.6. The van der Waals surface area contributed by atoms with Crippen LogP contribution < -0.4 is 4.90 Å². The zero-order valence-corrected chi connectivity index (χ0v) is 26.9. The van der Waals surface area contributed by atoms with Gasteiger partial charge in [0.1, 0.15) is 0 Å². The molecule has 1 saturated heterocycles. The van der Waals surface area contributed by atoms with Crippen molar-refractivity contribution in [3.05, 3.63) is 22.2 Å². The van der Waals surface area contributed by atoms with Crippen molar-refractivity contribution in [2.45, 2.75) is 118 Å². The Kier molecular flexibility index (Phi) is 5.91. The van der Waals surface area contributed by atoms with Gasteiger partial charge in [0.25, 0.3) is 0 Å². The predicted molar refractivity (Wildman–Crippen MR) is 164 cm³/mol. The lowest BCUT2D eigenvalue weighted by Gasteiger charge is -2.70. The highest BCUT2D eigenvalue weighted by Crippen LogP contribution is 2.75. The van der Waals surface area contributed by atoms with Crippen molar-refractivity contribution in [1.29, 1.82) is 0 Å². The van der Waals surface area contributed by atoms with E-state index in [1.165, 1.54) is 36.5 Å². The maximum absolute atomic E-state index is 13.0.